The molecule has 0 spiro atoms. The summed E-state index contributed by atoms with van der Waals surface area (Å²) in [6.07, 6.45) is 6.41. The molecule has 1 N–H and O–H groups in total. The molecule has 0 aromatic heterocycles. The Morgan fingerprint density at radius 2 is 1.82 bits per heavy atom. The van der Waals surface area contributed by atoms with Crippen LogP contribution >= 0.6 is 11.6 Å². The minimum absolute atomic E-state index is 0.0238. The Balaban J connectivity index is 1.59. The van der Waals surface area contributed by atoms with E-state index in [1.807, 2.05) is 12.2 Å². The van der Waals surface area contributed by atoms with E-state index in [9.17, 15) is 14.7 Å². The summed E-state index contributed by atoms with van der Waals surface area (Å²) in [5.41, 5.74) is 0.613. The number of halogens is 1. The molecule has 5 nitrogen and oxygen atoms in total. The van der Waals surface area contributed by atoms with Gasteiger partial charge in [-0.3, -0.25) is 9.59 Å². The SMILES string of the molecule is O=C1C2C3C=CC(C3)C2C(=O)N1N=Cc1ccc(O)c(Cl)c1. The van der Waals surface area contributed by atoms with E-state index in [0.717, 1.165) is 11.4 Å². The van der Waals surface area contributed by atoms with Crippen molar-refractivity contribution in [2.45, 2.75) is 6.42 Å². The number of allylic oxidation sites excluding steroid dienone is 2. The number of nitrogens with zero attached hydrogens (tertiary/aromatic N) is 2. The standard InChI is InChI=1S/C16H13ClN2O3/c17-11-5-8(1-4-12(11)20)7-18-19-15(21)13-9-2-3-10(6-9)14(13)16(19)22/h1-5,7,9-10,13-14,20H,6H2. The molecule has 6 heteroatoms. The fourth-order valence-electron chi connectivity index (χ4n) is 3.73. The normalized spacial score (nSPS) is 32.5. The molecule has 1 aromatic carbocycles. The minimum Gasteiger partial charge on any atom is -0.506 e. The van der Waals surface area contributed by atoms with Gasteiger partial charge in [0.15, 0.2) is 0 Å². The first-order valence-corrected chi connectivity index (χ1v) is 7.52. The molecule has 1 heterocycles. The highest BCUT2D eigenvalue weighted by Crippen LogP contribution is 2.52. The van der Waals surface area contributed by atoms with Crippen LogP contribution in [0.4, 0.5) is 0 Å². The van der Waals surface area contributed by atoms with Crippen molar-refractivity contribution in [3.63, 3.8) is 0 Å². The first-order chi connectivity index (χ1) is 10.6. The zero-order chi connectivity index (χ0) is 15.4. The zero-order valence-corrected chi connectivity index (χ0v) is 12.3. The summed E-state index contributed by atoms with van der Waals surface area (Å²) in [5, 5.41) is 14.6. The summed E-state index contributed by atoms with van der Waals surface area (Å²) in [4.78, 5) is 24.8. The number of amides is 2. The molecule has 1 aliphatic heterocycles. The second-order valence-corrected chi connectivity index (χ2v) is 6.35. The first-order valence-electron chi connectivity index (χ1n) is 7.15. The molecule has 0 radical (unpaired) electrons. The maximum atomic E-state index is 12.4. The number of phenolic OH excluding ortho intramolecular Hbond substituents is 1. The zero-order valence-electron chi connectivity index (χ0n) is 11.5. The molecule has 1 saturated heterocycles. The number of carbonyl (C=O) groups is 2. The second kappa shape index (κ2) is 4.68. The van der Waals surface area contributed by atoms with Crippen molar-refractivity contribution in [2.75, 3.05) is 0 Å². The fourth-order valence-corrected chi connectivity index (χ4v) is 3.92. The summed E-state index contributed by atoms with van der Waals surface area (Å²) in [7, 11) is 0. The lowest BCUT2D eigenvalue weighted by molar-refractivity contribution is -0.140. The van der Waals surface area contributed by atoms with Gasteiger partial charge in [-0.1, -0.05) is 23.8 Å². The van der Waals surface area contributed by atoms with Crippen molar-refractivity contribution in [1.82, 2.24) is 5.01 Å². The van der Waals surface area contributed by atoms with E-state index < -0.39 is 0 Å². The van der Waals surface area contributed by atoms with Gasteiger partial charge < -0.3 is 5.11 Å². The van der Waals surface area contributed by atoms with Gasteiger partial charge in [-0.2, -0.15) is 10.1 Å². The number of hydrazone groups is 1. The number of carbonyl (C=O) groups excluding carboxylic acids is 2. The third-order valence-electron chi connectivity index (χ3n) is 4.74. The Labute approximate surface area is 131 Å². The van der Waals surface area contributed by atoms with Crippen molar-refractivity contribution in [1.29, 1.82) is 0 Å². The highest BCUT2D eigenvalue weighted by atomic mass is 35.5. The third kappa shape index (κ3) is 1.82. The average molecular weight is 317 g/mol. The maximum absolute atomic E-state index is 12.4. The Morgan fingerprint density at radius 1 is 1.18 bits per heavy atom. The van der Waals surface area contributed by atoms with Crippen molar-refractivity contribution < 1.29 is 14.7 Å². The number of phenols is 1. The number of imide groups is 1. The van der Waals surface area contributed by atoms with Gasteiger partial charge in [-0.25, -0.2) is 0 Å². The van der Waals surface area contributed by atoms with Crippen LogP contribution in [0.25, 0.3) is 0 Å². The summed E-state index contributed by atoms with van der Waals surface area (Å²) < 4.78 is 0. The van der Waals surface area contributed by atoms with E-state index in [-0.39, 0.29) is 46.3 Å². The van der Waals surface area contributed by atoms with E-state index in [4.69, 9.17) is 11.6 Å². The predicted molar refractivity (Wildman–Crippen MR) is 80.3 cm³/mol. The Hall–Kier alpha value is -2.14. The highest BCUT2D eigenvalue weighted by Gasteiger charge is 2.59. The van der Waals surface area contributed by atoms with Gasteiger partial charge in [0.05, 0.1) is 23.1 Å². The number of rotatable bonds is 2. The second-order valence-electron chi connectivity index (χ2n) is 5.94. The number of benzene rings is 1. The third-order valence-corrected chi connectivity index (χ3v) is 5.04. The van der Waals surface area contributed by atoms with Crippen LogP contribution < -0.4 is 0 Å². The highest BCUT2D eigenvalue weighted by molar-refractivity contribution is 6.32. The molecule has 2 bridgehead atoms. The van der Waals surface area contributed by atoms with Gasteiger partial charge in [0.1, 0.15) is 5.75 Å². The van der Waals surface area contributed by atoms with Gasteiger partial charge in [0, 0.05) is 0 Å². The topological polar surface area (TPSA) is 70.0 Å². The number of aromatic hydroxyl groups is 1. The van der Waals surface area contributed by atoms with Gasteiger partial charge in [0.25, 0.3) is 11.8 Å². The molecular formula is C16H13ClN2O3. The largest absolute Gasteiger partial charge is 0.506 e. The lowest BCUT2D eigenvalue weighted by Crippen LogP contribution is -2.28. The van der Waals surface area contributed by atoms with Crippen LogP contribution in [0.2, 0.25) is 5.02 Å². The van der Waals surface area contributed by atoms with Gasteiger partial charge in [0.2, 0.25) is 0 Å². The van der Waals surface area contributed by atoms with E-state index in [0.29, 0.717) is 5.56 Å². The molecule has 1 aromatic rings. The molecule has 2 amide bonds. The van der Waals surface area contributed by atoms with E-state index in [2.05, 4.69) is 5.10 Å². The van der Waals surface area contributed by atoms with Crippen LogP contribution in [-0.4, -0.2) is 28.1 Å². The van der Waals surface area contributed by atoms with Crippen LogP contribution in [0.1, 0.15) is 12.0 Å². The molecular weight excluding hydrogens is 304 g/mol. The summed E-state index contributed by atoms with van der Waals surface area (Å²) in [5.74, 6) is -0.596. The van der Waals surface area contributed by atoms with E-state index in [1.165, 1.54) is 18.3 Å². The molecule has 22 heavy (non-hydrogen) atoms. The molecule has 4 unspecified atom stereocenters. The lowest BCUT2D eigenvalue weighted by Gasteiger charge is -2.13. The average Bonchev–Trinajstić information content (AvgIpc) is 3.16. The molecule has 2 fully saturated rings. The summed E-state index contributed by atoms with van der Waals surface area (Å²) in [6, 6.07) is 4.58. The van der Waals surface area contributed by atoms with Crippen molar-refractivity contribution >= 4 is 29.6 Å². The molecule has 112 valence electrons. The van der Waals surface area contributed by atoms with Gasteiger partial charge >= 0.3 is 0 Å². The van der Waals surface area contributed by atoms with Crippen LogP contribution in [0.15, 0.2) is 35.5 Å². The Morgan fingerprint density at radius 3 is 2.41 bits per heavy atom. The quantitative estimate of drug-likeness (QED) is 0.516. The molecule has 2 aliphatic carbocycles. The molecule has 3 aliphatic rings. The van der Waals surface area contributed by atoms with Crippen LogP contribution in [0, 0.1) is 23.7 Å². The Bertz CT molecular complexity index is 713. The van der Waals surface area contributed by atoms with E-state index in [1.54, 1.807) is 6.07 Å². The van der Waals surface area contributed by atoms with Gasteiger partial charge in [-0.05, 0) is 42.0 Å². The first kappa shape index (κ1) is 13.5. The smallest absolute Gasteiger partial charge is 0.254 e. The Kier molecular flexibility index (Phi) is 2.87. The van der Waals surface area contributed by atoms with Crippen molar-refractivity contribution in [3.8, 4) is 5.75 Å². The van der Waals surface area contributed by atoms with Crippen molar-refractivity contribution in [3.05, 3.63) is 40.9 Å². The van der Waals surface area contributed by atoms with Crippen LogP contribution in [0.3, 0.4) is 0 Å². The maximum Gasteiger partial charge on any atom is 0.254 e. The summed E-state index contributed by atoms with van der Waals surface area (Å²) in [6.45, 7) is 0. The van der Waals surface area contributed by atoms with Gasteiger partial charge in [-0.15, -0.1) is 0 Å². The van der Waals surface area contributed by atoms with E-state index >= 15 is 0 Å². The van der Waals surface area contributed by atoms with Crippen LogP contribution in [-0.2, 0) is 9.59 Å². The predicted octanol–water partition coefficient (Wildman–Crippen LogP) is 2.19. The minimum atomic E-state index is -0.247. The fraction of sp³-hybridized carbons (Fsp3) is 0.312. The number of hydrogen-bond donors (Lipinski definition) is 1. The molecule has 1 saturated carbocycles. The lowest BCUT2D eigenvalue weighted by atomic mass is 9.85. The monoisotopic (exact) mass is 316 g/mol. The summed E-state index contributed by atoms with van der Waals surface area (Å²) >= 11 is 5.82. The molecule has 4 atom stereocenters. The molecule has 4 rings (SSSR count). The number of fused-ring (bicyclic) bond motifs is 5. The van der Waals surface area contributed by atoms with Crippen LogP contribution in [0.5, 0.6) is 5.75 Å². The van der Waals surface area contributed by atoms with Crippen molar-refractivity contribution in [2.24, 2.45) is 28.8 Å². The number of hydrogen-bond acceptors (Lipinski definition) is 4.